The van der Waals surface area contributed by atoms with Gasteiger partial charge in [0.2, 0.25) is 0 Å². The molecule has 0 aliphatic carbocycles. The van der Waals surface area contributed by atoms with Gasteiger partial charge < -0.3 is 9.97 Å². The topological polar surface area (TPSA) is 25.8 Å². The van der Waals surface area contributed by atoms with Crippen LogP contribution < -0.4 is 5.19 Å². The van der Waals surface area contributed by atoms with E-state index in [-0.39, 0.29) is 25.5 Å². The fourth-order valence-corrected chi connectivity index (χ4v) is 6.94. The molecule has 0 unspecified atom stereocenters. The summed E-state index contributed by atoms with van der Waals surface area (Å²) in [5, 5.41) is 1.48. The van der Waals surface area contributed by atoms with Crippen LogP contribution in [0.3, 0.4) is 0 Å². The van der Waals surface area contributed by atoms with Gasteiger partial charge in [-0.15, -0.1) is 71.3 Å². The van der Waals surface area contributed by atoms with Crippen molar-refractivity contribution in [3.63, 3.8) is 0 Å². The molecule has 0 amide bonds. The van der Waals surface area contributed by atoms with Gasteiger partial charge in [-0.3, -0.25) is 0 Å². The monoisotopic (exact) mass is 795 g/mol. The first-order valence-electron chi connectivity index (χ1n) is 15.6. The van der Waals surface area contributed by atoms with E-state index in [1.54, 1.807) is 0 Å². The van der Waals surface area contributed by atoms with Crippen LogP contribution in [0.4, 0.5) is 0 Å². The standard InChI is InChI=1S/C23H16N.C19H26NSi.Ir/c1-3-8-18(9-4-1)20-12-7-13-21(16-20)23-15-14-22(17-24-23)19-10-5-2-6-11-19;1-19(2,3)13-16-12-17(15-10-8-7-9-11-15)20-14-18(16)21(4,5)6;/h1-12,14-17H;7-10,12,14H,13H2,1-6H3;/q2*-1;. The van der Waals surface area contributed by atoms with Crippen LogP contribution in [0.5, 0.6) is 0 Å². The second kappa shape index (κ2) is 15.6. The number of nitrogens with zero attached hydrogens (tertiary/aromatic N) is 2. The minimum Gasteiger partial charge on any atom is -0.305 e. The molecule has 0 fully saturated rings. The Bertz CT molecular complexity index is 1810. The molecule has 0 aliphatic rings. The summed E-state index contributed by atoms with van der Waals surface area (Å²) in [5.41, 5.74) is 10.5. The van der Waals surface area contributed by atoms with Crippen molar-refractivity contribution < 1.29 is 20.1 Å². The van der Waals surface area contributed by atoms with Crippen molar-refractivity contribution >= 4 is 13.3 Å². The molecule has 4 aromatic carbocycles. The summed E-state index contributed by atoms with van der Waals surface area (Å²) in [6, 6.07) is 48.0. The van der Waals surface area contributed by atoms with Crippen LogP contribution >= 0.6 is 0 Å². The van der Waals surface area contributed by atoms with Gasteiger partial charge in [0.05, 0.1) is 8.07 Å². The number of hydrogen-bond donors (Lipinski definition) is 0. The van der Waals surface area contributed by atoms with E-state index in [0.29, 0.717) is 0 Å². The summed E-state index contributed by atoms with van der Waals surface area (Å²) < 4.78 is 0. The van der Waals surface area contributed by atoms with Gasteiger partial charge in [-0.25, -0.2) is 0 Å². The molecule has 2 nitrogen and oxygen atoms in total. The fraction of sp³-hybridized carbons (Fsp3) is 0.190. The summed E-state index contributed by atoms with van der Waals surface area (Å²) >= 11 is 0. The van der Waals surface area contributed by atoms with Gasteiger partial charge in [-0.2, -0.15) is 0 Å². The molecule has 0 bridgehead atoms. The normalized spacial score (nSPS) is 11.2. The predicted octanol–water partition coefficient (Wildman–Crippen LogP) is 10.6. The third kappa shape index (κ3) is 9.53. The van der Waals surface area contributed by atoms with Crippen molar-refractivity contribution in [1.29, 1.82) is 0 Å². The van der Waals surface area contributed by atoms with Gasteiger partial charge in [-0.1, -0.05) is 125 Å². The molecule has 0 saturated heterocycles. The first-order valence-corrected chi connectivity index (χ1v) is 19.1. The molecule has 0 atom stereocenters. The summed E-state index contributed by atoms with van der Waals surface area (Å²) in [5.74, 6) is 0. The van der Waals surface area contributed by atoms with Crippen molar-refractivity contribution in [2.75, 3.05) is 0 Å². The van der Waals surface area contributed by atoms with Gasteiger partial charge in [0, 0.05) is 32.5 Å². The maximum absolute atomic E-state index is 4.71. The van der Waals surface area contributed by atoms with Gasteiger partial charge >= 0.3 is 0 Å². The molecular formula is C42H42IrN2Si-2. The predicted molar refractivity (Wildman–Crippen MR) is 194 cm³/mol. The van der Waals surface area contributed by atoms with Crippen LogP contribution in [0.15, 0.2) is 134 Å². The second-order valence-electron chi connectivity index (χ2n) is 13.6. The van der Waals surface area contributed by atoms with Crippen molar-refractivity contribution in [3.8, 4) is 44.8 Å². The summed E-state index contributed by atoms with van der Waals surface area (Å²) in [4.78, 5) is 9.34. The molecule has 4 heteroatoms. The SMILES string of the molecule is CC(C)(C)Cc1cc(-c2[c-]cccc2)ncc1[Si](C)(C)C.[Ir].[c-]1ccc(-c2ccccc2)cc1-c1ccc(-c2ccccc2)cn1. The van der Waals surface area contributed by atoms with E-state index in [0.717, 1.165) is 34.5 Å². The average Bonchev–Trinajstić information content (AvgIpc) is 3.05. The summed E-state index contributed by atoms with van der Waals surface area (Å²) in [6.07, 6.45) is 5.13. The third-order valence-corrected chi connectivity index (χ3v) is 9.62. The molecule has 6 rings (SSSR count). The number of benzene rings is 4. The van der Waals surface area contributed by atoms with E-state index in [1.807, 2.05) is 54.7 Å². The average molecular weight is 795 g/mol. The van der Waals surface area contributed by atoms with Gasteiger partial charge in [0.25, 0.3) is 0 Å². The van der Waals surface area contributed by atoms with Crippen LogP contribution in [0.25, 0.3) is 44.8 Å². The van der Waals surface area contributed by atoms with Gasteiger partial charge in [0.1, 0.15) is 0 Å². The van der Waals surface area contributed by atoms with Gasteiger partial charge in [0.15, 0.2) is 0 Å². The largest absolute Gasteiger partial charge is 0.305 e. The summed E-state index contributed by atoms with van der Waals surface area (Å²) in [6.45, 7) is 14.1. The first kappa shape index (κ1) is 34.9. The van der Waals surface area contributed by atoms with E-state index in [4.69, 9.17) is 4.98 Å². The molecule has 2 aromatic heterocycles. The summed E-state index contributed by atoms with van der Waals surface area (Å²) in [7, 11) is -1.37. The van der Waals surface area contributed by atoms with E-state index in [9.17, 15) is 0 Å². The zero-order valence-electron chi connectivity index (χ0n) is 27.6. The molecule has 6 aromatic rings. The fourth-order valence-electron chi connectivity index (χ4n) is 5.37. The molecule has 1 radical (unpaired) electrons. The Balaban J connectivity index is 0.000000207. The van der Waals surface area contributed by atoms with Crippen LogP contribution in [0.1, 0.15) is 26.3 Å². The number of pyridine rings is 2. The third-order valence-electron chi connectivity index (χ3n) is 7.56. The van der Waals surface area contributed by atoms with Crippen molar-refractivity contribution in [2.45, 2.75) is 46.8 Å². The second-order valence-corrected chi connectivity index (χ2v) is 18.7. The Labute approximate surface area is 290 Å². The zero-order chi connectivity index (χ0) is 31.9. The van der Waals surface area contributed by atoms with Crippen LogP contribution in [0, 0.1) is 17.5 Å². The Morgan fingerprint density at radius 1 is 0.565 bits per heavy atom. The van der Waals surface area contributed by atoms with Crippen molar-refractivity contribution in [2.24, 2.45) is 5.41 Å². The molecular weight excluding hydrogens is 753 g/mol. The number of hydrogen-bond acceptors (Lipinski definition) is 2. The Morgan fingerprint density at radius 3 is 1.74 bits per heavy atom. The van der Waals surface area contributed by atoms with Crippen LogP contribution in [-0.2, 0) is 26.5 Å². The minimum atomic E-state index is -1.37. The molecule has 46 heavy (non-hydrogen) atoms. The molecule has 235 valence electrons. The van der Waals surface area contributed by atoms with E-state index in [1.165, 1.54) is 27.4 Å². The van der Waals surface area contributed by atoms with E-state index >= 15 is 0 Å². The smallest absolute Gasteiger partial charge is 0.0798 e. The number of aromatic nitrogens is 2. The van der Waals surface area contributed by atoms with E-state index < -0.39 is 8.07 Å². The van der Waals surface area contributed by atoms with Crippen LogP contribution in [0.2, 0.25) is 19.6 Å². The zero-order valence-corrected chi connectivity index (χ0v) is 31.0. The van der Waals surface area contributed by atoms with Crippen molar-refractivity contribution in [3.05, 3.63) is 151 Å². The molecule has 0 spiro atoms. The maximum Gasteiger partial charge on any atom is 0.0798 e. The van der Waals surface area contributed by atoms with E-state index in [2.05, 4.69) is 137 Å². The Hall–Kier alpha value is -3.95. The molecule has 0 aliphatic heterocycles. The molecule has 2 heterocycles. The van der Waals surface area contributed by atoms with Crippen LogP contribution in [-0.4, -0.2) is 18.0 Å². The van der Waals surface area contributed by atoms with Gasteiger partial charge in [-0.05, 0) is 45.1 Å². The number of rotatable bonds is 6. The Kier molecular flexibility index (Phi) is 11.8. The van der Waals surface area contributed by atoms with Crippen molar-refractivity contribution in [1.82, 2.24) is 9.97 Å². The maximum atomic E-state index is 4.71. The first-order chi connectivity index (χ1) is 21.6. The quantitative estimate of drug-likeness (QED) is 0.124. The minimum absolute atomic E-state index is 0. The molecule has 0 N–H and O–H groups in total. The molecule has 0 saturated carbocycles. The Morgan fingerprint density at radius 2 is 1.17 bits per heavy atom.